The van der Waals surface area contributed by atoms with Gasteiger partial charge in [-0.2, -0.15) is 0 Å². The minimum absolute atomic E-state index is 0.0731. The van der Waals surface area contributed by atoms with E-state index in [1.807, 2.05) is 18.7 Å². The fourth-order valence-corrected chi connectivity index (χ4v) is 5.60. The minimum atomic E-state index is -0.474. The van der Waals surface area contributed by atoms with E-state index >= 15 is 0 Å². The van der Waals surface area contributed by atoms with Crippen LogP contribution in [-0.2, 0) is 14.2 Å². The summed E-state index contributed by atoms with van der Waals surface area (Å²) in [4.78, 5) is 28.5. The van der Waals surface area contributed by atoms with Crippen molar-refractivity contribution in [2.24, 2.45) is 0 Å². The molecule has 1 spiro atoms. The van der Waals surface area contributed by atoms with Crippen molar-refractivity contribution in [1.82, 2.24) is 14.9 Å². The number of carbonyl (C=O) groups is 1. The lowest BCUT2D eigenvalue weighted by Gasteiger charge is -2.37. The lowest BCUT2D eigenvalue weighted by molar-refractivity contribution is -0.181. The third kappa shape index (κ3) is 3.39. The van der Waals surface area contributed by atoms with Crippen molar-refractivity contribution in [2.75, 3.05) is 57.5 Å². The molecule has 0 N–H and O–H groups in total. The number of piperidine rings is 1. The van der Waals surface area contributed by atoms with E-state index in [0.29, 0.717) is 39.5 Å². The zero-order chi connectivity index (χ0) is 20.0. The van der Waals surface area contributed by atoms with Crippen LogP contribution in [-0.4, -0.2) is 79.2 Å². The van der Waals surface area contributed by atoms with Gasteiger partial charge in [-0.25, -0.2) is 9.97 Å². The van der Waals surface area contributed by atoms with Gasteiger partial charge in [-0.05, 0) is 19.4 Å². The molecule has 3 saturated heterocycles. The maximum atomic E-state index is 13.3. The van der Waals surface area contributed by atoms with Gasteiger partial charge >= 0.3 is 0 Å². The Morgan fingerprint density at radius 2 is 1.69 bits per heavy atom. The molecule has 9 heteroatoms. The largest absolute Gasteiger partial charge is 0.378 e. The van der Waals surface area contributed by atoms with Crippen molar-refractivity contribution in [3.05, 3.63) is 16.3 Å². The van der Waals surface area contributed by atoms with Crippen molar-refractivity contribution in [1.29, 1.82) is 0 Å². The number of carbonyl (C=O) groups excluding carboxylic acids is 1. The summed E-state index contributed by atoms with van der Waals surface area (Å²) in [5.41, 5.74) is 0.977. The molecule has 1 amide bonds. The number of hydrogen-bond acceptors (Lipinski definition) is 8. The normalized spacial score (nSPS) is 22.0. The average molecular weight is 419 g/mol. The van der Waals surface area contributed by atoms with Crippen molar-refractivity contribution in [2.45, 2.75) is 32.5 Å². The molecule has 2 aromatic heterocycles. The topological polar surface area (TPSA) is 77.0 Å². The summed E-state index contributed by atoms with van der Waals surface area (Å²) < 4.78 is 17.1. The van der Waals surface area contributed by atoms with Crippen LogP contribution in [0.2, 0.25) is 0 Å². The summed E-state index contributed by atoms with van der Waals surface area (Å²) in [6.07, 6.45) is 1.45. The van der Waals surface area contributed by atoms with E-state index in [1.165, 1.54) is 11.3 Å². The molecule has 0 bridgehead atoms. The highest BCUT2D eigenvalue weighted by atomic mass is 32.1. The van der Waals surface area contributed by atoms with Crippen LogP contribution in [0.3, 0.4) is 0 Å². The lowest BCUT2D eigenvalue weighted by Crippen LogP contribution is -2.47. The van der Waals surface area contributed by atoms with E-state index in [0.717, 1.165) is 58.2 Å². The van der Waals surface area contributed by atoms with E-state index in [4.69, 9.17) is 19.2 Å². The highest BCUT2D eigenvalue weighted by Gasteiger charge is 2.41. The Hall–Kier alpha value is -1.81. The van der Waals surface area contributed by atoms with E-state index in [1.54, 1.807) is 0 Å². The summed E-state index contributed by atoms with van der Waals surface area (Å²) >= 11 is 1.48. The van der Waals surface area contributed by atoms with Crippen LogP contribution in [0.5, 0.6) is 0 Å². The maximum Gasteiger partial charge on any atom is 0.264 e. The zero-order valence-corrected chi connectivity index (χ0v) is 17.7. The standard InChI is InChI=1S/C20H26N4O4S/c1-13-15-17(23-7-9-26-10-8-23)21-14(2)22-18(15)29-16(13)19(25)24-5-3-20(4-6-24)27-11-12-28-20/h3-12H2,1-2H3. The van der Waals surface area contributed by atoms with Crippen LogP contribution in [0.4, 0.5) is 5.82 Å². The van der Waals surface area contributed by atoms with Crippen LogP contribution >= 0.6 is 11.3 Å². The van der Waals surface area contributed by atoms with E-state index in [-0.39, 0.29) is 5.91 Å². The maximum absolute atomic E-state index is 13.3. The van der Waals surface area contributed by atoms with Gasteiger partial charge in [0.25, 0.3) is 5.91 Å². The molecular weight excluding hydrogens is 392 g/mol. The number of fused-ring (bicyclic) bond motifs is 1. The summed E-state index contributed by atoms with van der Waals surface area (Å²) in [5.74, 6) is 1.26. The molecule has 3 fully saturated rings. The molecule has 3 aliphatic rings. The Balaban J connectivity index is 1.44. The highest BCUT2D eigenvalue weighted by Crippen LogP contribution is 2.38. The second-order valence-corrected chi connectivity index (χ2v) is 8.83. The van der Waals surface area contributed by atoms with Crippen molar-refractivity contribution < 1.29 is 19.0 Å². The number of anilines is 1. The van der Waals surface area contributed by atoms with Gasteiger partial charge in [0.05, 0.1) is 36.7 Å². The Kier molecular flexibility index (Phi) is 4.93. The van der Waals surface area contributed by atoms with Crippen LogP contribution in [0.1, 0.15) is 33.9 Å². The van der Waals surface area contributed by atoms with E-state index in [9.17, 15) is 4.79 Å². The number of thiophene rings is 1. The molecule has 156 valence electrons. The third-order valence-corrected chi connectivity index (χ3v) is 7.19. The van der Waals surface area contributed by atoms with Gasteiger partial charge in [-0.3, -0.25) is 4.79 Å². The van der Waals surface area contributed by atoms with Gasteiger partial charge in [0.1, 0.15) is 16.5 Å². The molecule has 0 atom stereocenters. The predicted octanol–water partition coefficient (Wildman–Crippen LogP) is 2.12. The molecule has 0 aromatic carbocycles. The molecule has 3 aliphatic heterocycles. The number of ether oxygens (including phenoxy) is 3. The molecule has 0 radical (unpaired) electrons. The van der Waals surface area contributed by atoms with Gasteiger partial charge in [-0.15, -0.1) is 11.3 Å². The monoisotopic (exact) mass is 418 g/mol. The predicted molar refractivity (Wildman–Crippen MR) is 110 cm³/mol. The quantitative estimate of drug-likeness (QED) is 0.739. The first-order valence-corrected chi connectivity index (χ1v) is 11.1. The molecule has 29 heavy (non-hydrogen) atoms. The SMILES string of the molecule is Cc1nc(N2CCOCC2)c2c(C)c(C(=O)N3CCC4(CC3)OCCO4)sc2n1. The third-order valence-electron chi connectivity index (χ3n) is 6.01. The molecule has 5 rings (SSSR count). The van der Waals surface area contributed by atoms with Crippen LogP contribution < -0.4 is 4.90 Å². The molecule has 0 aliphatic carbocycles. The first kappa shape index (κ1) is 19.2. The van der Waals surface area contributed by atoms with E-state index in [2.05, 4.69) is 9.88 Å². The summed E-state index contributed by atoms with van der Waals surface area (Å²) in [6, 6.07) is 0. The van der Waals surface area contributed by atoms with Gasteiger partial charge < -0.3 is 24.0 Å². The Bertz CT molecular complexity index is 924. The molecular formula is C20H26N4O4S. The first-order chi connectivity index (χ1) is 14.1. The van der Waals surface area contributed by atoms with Gasteiger partial charge in [0, 0.05) is 39.0 Å². The van der Waals surface area contributed by atoms with Crippen molar-refractivity contribution in [3.63, 3.8) is 0 Å². The Morgan fingerprint density at radius 3 is 2.38 bits per heavy atom. The van der Waals surface area contributed by atoms with Gasteiger partial charge in [0.2, 0.25) is 0 Å². The Labute approximate surface area is 173 Å². The molecule has 8 nitrogen and oxygen atoms in total. The van der Waals surface area contributed by atoms with Gasteiger partial charge in [0.15, 0.2) is 5.79 Å². The zero-order valence-electron chi connectivity index (χ0n) is 16.9. The van der Waals surface area contributed by atoms with Crippen LogP contribution in [0, 0.1) is 13.8 Å². The Morgan fingerprint density at radius 1 is 1.00 bits per heavy atom. The summed E-state index contributed by atoms with van der Waals surface area (Å²) in [7, 11) is 0. The summed E-state index contributed by atoms with van der Waals surface area (Å²) in [5, 5.41) is 1.00. The molecule has 0 saturated carbocycles. The minimum Gasteiger partial charge on any atom is -0.378 e. The molecule has 2 aromatic rings. The number of morpholine rings is 1. The number of hydrogen-bond donors (Lipinski definition) is 0. The number of aromatic nitrogens is 2. The van der Waals surface area contributed by atoms with Crippen molar-refractivity contribution >= 4 is 33.3 Å². The fourth-order valence-electron chi connectivity index (χ4n) is 4.41. The molecule has 5 heterocycles. The van der Waals surface area contributed by atoms with Crippen LogP contribution in [0.25, 0.3) is 10.2 Å². The summed E-state index contributed by atoms with van der Waals surface area (Å²) in [6.45, 7) is 9.50. The van der Waals surface area contributed by atoms with Crippen molar-refractivity contribution in [3.8, 4) is 0 Å². The highest BCUT2D eigenvalue weighted by molar-refractivity contribution is 7.20. The van der Waals surface area contributed by atoms with Crippen LogP contribution in [0.15, 0.2) is 0 Å². The second-order valence-electron chi connectivity index (χ2n) is 7.83. The number of amides is 1. The fraction of sp³-hybridized carbons (Fsp3) is 0.650. The molecule has 0 unspecified atom stereocenters. The van der Waals surface area contributed by atoms with E-state index < -0.39 is 5.79 Å². The number of rotatable bonds is 2. The number of nitrogens with zero attached hydrogens (tertiary/aromatic N) is 4. The second kappa shape index (κ2) is 7.46. The lowest BCUT2D eigenvalue weighted by atomic mass is 10.0. The number of likely N-dealkylation sites (tertiary alicyclic amines) is 1. The average Bonchev–Trinajstić information content (AvgIpc) is 3.33. The van der Waals surface area contributed by atoms with Gasteiger partial charge in [-0.1, -0.05) is 0 Å². The number of aryl methyl sites for hydroxylation is 2. The first-order valence-electron chi connectivity index (χ1n) is 10.2. The smallest absolute Gasteiger partial charge is 0.264 e.